The molecule has 0 spiro atoms. The van der Waals surface area contributed by atoms with Crippen molar-refractivity contribution in [3.05, 3.63) is 243 Å². The van der Waals surface area contributed by atoms with Gasteiger partial charge in [-0.1, -0.05) is 42.0 Å². The number of aromatic hydroxyl groups is 2. The zero-order valence-electron chi connectivity index (χ0n) is 80.3. The Morgan fingerprint density at radius 2 is 0.643 bits per heavy atom. The number of benzene rings is 8. The summed E-state index contributed by atoms with van der Waals surface area (Å²) in [6.45, 7) is 24.2. The van der Waals surface area contributed by atoms with Crippen LogP contribution in [0.25, 0.3) is 22.3 Å². The maximum atomic E-state index is 14.8. The van der Waals surface area contributed by atoms with Crippen molar-refractivity contribution >= 4 is 54.6 Å². The van der Waals surface area contributed by atoms with E-state index in [-0.39, 0.29) is 130 Å². The van der Waals surface area contributed by atoms with Gasteiger partial charge in [0.25, 0.3) is 10.1 Å². The van der Waals surface area contributed by atoms with Gasteiger partial charge in [0, 0.05) is 47.5 Å². The number of aliphatic hydroxyl groups is 1. The number of allylic oxidation sites excluding steroid dienone is 3. The quantitative estimate of drug-likeness (QED) is 0.0118. The number of hydrogen-bond acceptors (Lipinski definition) is 15. The summed E-state index contributed by atoms with van der Waals surface area (Å²) < 4.78 is 250. The fourth-order valence-corrected chi connectivity index (χ4v) is 20.2. The van der Waals surface area contributed by atoms with Gasteiger partial charge in [0.05, 0.1) is 53.5 Å². The van der Waals surface area contributed by atoms with Crippen molar-refractivity contribution in [2.24, 2.45) is 71.0 Å². The van der Waals surface area contributed by atoms with Crippen LogP contribution in [0.4, 0.5) is 61.5 Å². The first-order valence-corrected chi connectivity index (χ1v) is 50.6. The van der Waals surface area contributed by atoms with Crippen molar-refractivity contribution in [1.29, 1.82) is 0 Å². The van der Waals surface area contributed by atoms with E-state index in [0.29, 0.717) is 50.1 Å². The van der Waals surface area contributed by atoms with Crippen LogP contribution in [-0.4, -0.2) is 106 Å². The molecule has 6 saturated carbocycles. The molecule has 766 valence electrons. The number of phenolic OH excluding ortho intramolecular Hbond substituents is 2. The Morgan fingerprint density at radius 3 is 0.971 bits per heavy atom. The first-order valence-electron chi connectivity index (χ1n) is 47.6. The molecule has 1 aliphatic heterocycles. The number of aliphatic hydroxyl groups excluding tert-OH is 1. The van der Waals surface area contributed by atoms with E-state index >= 15 is 0 Å². The van der Waals surface area contributed by atoms with Crippen LogP contribution in [0.3, 0.4) is 0 Å². The molecule has 7 fully saturated rings. The van der Waals surface area contributed by atoms with Crippen LogP contribution in [-0.2, 0) is 19.0 Å². The number of halogens is 16. The number of aryl methyl sites for hydroxylation is 1. The molecule has 0 unspecified atom stereocenters. The summed E-state index contributed by atoms with van der Waals surface area (Å²) in [5, 5.41) is 44.1. The Hall–Kier alpha value is -7.03. The zero-order chi connectivity index (χ0) is 101. The fourth-order valence-electron chi connectivity index (χ4n) is 18.6. The van der Waals surface area contributed by atoms with Gasteiger partial charge >= 0.3 is 58.5 Å². The van der Waals surface area contributed by atoms with Crippen LogP contribution in [0.5, 0.6) is 40.2 Å². The molecule has 6 N–H and O–H groups in total. The van der Waals surface area contributed by atoms with Gasteiger partial charge in [-0.05, 0) is 395 Å². The van der Waals surface area contributed by atoms with E-state index in [9.17, 15) is 69.9 Å². The molecule has 0 radical (unpaired) electrons. The largest absolute Gasteiger partial charge is 1.00 e. The zero-order valence-corrected chi connectivity index (χ0v) is 87.4. The van der Waals surface area contributed by atoms with Crippen molar-refractivity contribution in [3.63, 3.8) is 0 Å². The molecule has 8 aromatic rings. The number of ether oxygens (including phenoxy) is 6. The minimum atomic E-state index is -3.63. The summed E-state index contributed by atoms with van der Waals surface area (Å²) in [5.74, 6) is -11.3. The third-order valence-corrected chi connectivity index (χ3v) is 29.3. The first kappa shape index (κ1) is 122. The van der Waals surface area contributed by atoms with Crippen LogP contribution in [0.1, 0.15) is 200 Å². The third-order valence-electron chi connectivity index (χ3n) is 26.8. The van der Waals surface area contributed by atoms with Gasteiger partial charge in [-0.25, -0.2) is 30.7 Å². The van der Waals surface area contributed by atoms with Gasteiger partial charge < -0.3 is 59.3 Å². The second-order valence-electron chi connectivity index (χ2n) is 35.7. The number of phenols is 2. The molecule has 0 bridgehead atoms. The van der Waals surface area contributed by atoms with Crippen molar-refractivity contribution in [2.45, 2.75) is 206 Å². The van der Waals surface area contributed by atoms with Gasteiger partial charge in [0.2, 0.25) is 34.9 Å². The average molecular weight is 2150 g/mol. The van der Waals surface area contributed by atoms with Gasteiger partial charge in [-0.15, -0.1) is 19.7 Å². The maximum absolute atomic E-state index is 14.8. The van der Waals surface area contributed by atoms with E-state index in [0.717, 1.165) is 147 Å². The Bertz CT molecular complexity index is 5230. The molecule has 15 rings (SSSR count). The fraction of sp³-hybridized carbons (Fsp3) is 0.491. The number of hydrogen-bond donors (Lipinski definition) is 5. The SMILES string of the molecule is C1CCOC1.C=CC1CCC(C2CCC(CO)CC2)CC1.C=CC1CCC(C2CCC(COS(=O)(=O)c3ccc(C)cc3)CC2)CC1.C=CC1CCC(C2CCC(COc3ccc(-c4ccc(OCC)c(F)c4F)c(F)c3F)CC2)CC1.CCOc1ccc(-c2ccc(O)c(F)c2F)c(F)c1F.CCOc1ccc(B(O)O)c(F)c1F.CCOc1ccc(Br)c(F)c1F.Oc1ccc(Br)c(F)c1F.[K+].[OH-]. The molecule has 1 saturated heterocycles. The summed E-state index contributed by atoms with van der Waals surface area (Å²) in [7, 11) is -5.66. The Balaban J connectivity index is 0.000000257. The summed E-state index contributed by atoms with van der Waals surface area (Å²) in [4.78, 5) is 0.260. The monoisotopic (exact) mass is 2150 g/mol. The van der Waals surface area contributed by atoms with E-state index in [4.69, 9.17) is 58.0 Å². The van der Waals surface area contributed by atoms with Gasteiger partial charge in [-0.2, -0.15) is 39.2 Å². The van der Waals surface area contributed by atoms with E-state index in [1.807, 2.05) is 19.1 Å². The Labute approximate surface area is 874 Å². The first-order chi connectivity index (χ1) is 66.1. The van der Waals surface area contributed by atoms with E-state index < -0.39 is 127 Å². The minimum absolute atomic E-state index is 0. The van der Waals surface area contributed by atoms with Gasteiger partial charge in [0.1, 0.15) is 0 Å². The van der Waals surface area contributed by atoms with Crippen molar-refractivity contribution in [2.75, 3.05) is 59.5 Å². The molecule has 15 nitrogen and oxygen atoms in total. The van der Waals surface area contributed by atoms with Crippen LogP contribution in [0, 0.1) is 159 Å². The van der Waals surface area contributed by atoms with Gasteiger partial charge in [0.15, 0.2) is 86.8 Å². The molecule has 0 amide bonds. The van der Waals surface area contributed by atoms with Crippen molar-refractivity contribution < 1.29 is 185 Å². The summed E-state index contributed by atoms with van der Waals surface area (Å²) in [6.07, 6.45) is 39.0. The molecule has 8 aromatic carbocycles. The molecule has 34 heteroatoms. The van der Waals surface area contributed by atoms with Crippen molar-refractivity contribution in [1.82, 2.24) is 0 Å². The van der Waals surface area contributed by atoms with Crippen LogP contribution < -0.4 is 80.5 Å². The second-order valence-corrected chi connectivity index (χ2v) is 39.0. The average Bonchev–Trinajstić information content (AvgIpc) is 0.769. The standard InChI is InChI=1S/C29H34F4O2.C22H32O3S.C15H26O.C14H10F4O2.C8H9BF2O3.C8H7BrF2O.C6H3BrF2O.C4H8O.K.H2O/c1-3-18-5-9-20(10-6-18)21-11-7-19(8-12-21)17-35-25-16-14-23(27(31)29(25)33)22-13-15-24(34-4-2)28(32)26(22)30;1-3-18-6-10-20(11-7-18)21-12-8-19(9-13-21)16-25-26(23,24)22-14-4-17(2)5-15-22;1-2-12-3-7-14(8-4-12)15-9-5-13(11-16)6-10-15;1-2-20-10-6-4-8(12(16)14(10)18)7-3-5-9(19)13(17)11(7)15;1-2-14-6-4-3-5(9(12)13)7(10)8(6)11;1-2-12-6-4-3-5(9)7(10)8(6)11;7-3-1-2-4(10)6(9)5(3)8;1-2-4-5-3-1;;/h3,13-16,18-21H,1,4-12,17H2,2H3;3-5,14-15,18-21H,1,6-13,16H2,2H3;2,12-16H,1,3-11H2;3-6,19H,2H2,1H3;3-4,12-13H,2H2,1H3;3-4H,2H2,1H3;1-2,10H;1-4H2;;1H2/q;;;;;;;;+1;/p-1. The van der Waals surface area contributed by atoms with E-state index in [1.54, 1.807) is 39.8 Å². The molecular formula is C106H130BBr2F14KO15S. The summed E-state index contributed by atoms with van der Waals surface area (Å²) >= 11 is 5.61. The van der Waals surface area contributed by atoms with Gasteiger partial charge in [-0.3, -0.25) is 4.18 Å². The molecule has 140 heavy (non-hydrogen) atoms. The second kappa shape index (κ2) is 62.1. The maximum Gasteiger partial charge on any atom is 1.00 e. The van der Waals surface area contributed by atoms with Crippen molar-refractivity contribution in [3.8, 4) is 62.5 Å². The minimum Gasteiger partial charge on any atom is -0.870 e. The predicted molar refractivity (Wildman–Crippen MR) is 518 cm³/mol. The molecule has 0 aromatic heterocycles. The smallest absolute Gasteiger partial charge is 0.870 e. The molecule has 1 heterocycles. The molecule has 0 atom stereocenters. The molecular weight excluding hydrogens is 2020 g/mol. The van der Waals surface area contributed by atoms with Crippen LogP contribution in [0.15, 0.2) is 161 Å². The molecule has 7 aliphatic rings. The van der Waals surface area contributed by atoms with E-state index in [2.05, 4.69) is 69.8 Å². The summed E-state index contributed by atoms with van der Waals surface area (Å²) in [5.41, 5.74) is -1.13. The summed E-state index contributed by atoms with van der Waals surface area (Å²) in [6, 6.07) is 23.1. The molecule has 6 aliphatic carbocycles. The normalized spacial score (nSPS) is 21.3. The Morgan fingerprint density at radius 1 is 0.364 bits per heavy atom. The Kier molecular flexibility index (Phi) is 53.9. The predicted octanol–water partition coefficient (Wildman–Crippen LogP) is 25.0. The number of rotatable bonds is 25. The van der Waals surface area contributed by atoms with Crippen LogP contribution in [0.2, 0.25) is 0 Å². The topological polar surface area (TPSA) is 230 Å². The third kappa shape index (κ3) is 36.0. The van der Waals surface area contributed by atoms with E-state index in [1.165, 1.54) is 171 Å². The van der Waals surface area contributed by atoms with Crippen LogP contribution >= 0.6 is 31.9 Å².